The van der Waals surface area contributed by atoms with Crippen LogP contribution in [-0.4, -0.2) is 44.6 Å². The van der Waals surface area contributed by atoms with Crippen molar-refractivity contribution in [1.82, 2.24) is 5.32 Å². The lowest BCUT2D eigenvalue weighted by Gasteiger charge is -2.23. The molecule has 1 aliphatic carbocycles. The molecule has 1 fully saturated rings. The second kappa shape index (κ2) is 16.7. The molecule has 1 saturated carbocycles. The fourth-order valence-corrected chi connectivity index (χ4v) is 5.41. The number of allylic oxidation sites excluding steroid dienone is 2. The number of aryl methyl sites for hydroxylation is 1. The average Bonchev–Trinajstić information content (AvgIpc) is 3.22. The van der Waals surface area contributed by atoms with E-state index in [4.69, 9.17) is 0 Å². The van der Waals surface area contributed by atoms with Gasteiger partial charge in [0.25, 0.3) is 5.09 Å². The van der Waals surface area contributed by atoms with Crippen molar-refractivity contribution in [2.75, 3.05) is 0 Å². The minimum absolute atomic E-state index is 0.0395. The van der Waals surface area contributed by atoms with E-state index in [1.165, 1.54) is 5.56 Å². The van der Waals surface area contributed by atoms with Crippen LogP contribution in [0.25, 0.3) is 0 Å². The molecule has 40 heavy (non-hydrogen) atoms. The van der Waals surface area contributed by atoms with Gasteiger partial charge in [-0.2, -0.15) is 0 Å². The fraction of sp³-hybridized carbons (Fsp3) is 0.516. The maximum atomic E-state index is 12.2. The van der Waals surface area contributed by atoms with E-state index in [2.05, 4.69) is 22.3 Å². The van der Waals surface area contributed by atoms with Crippen LogP contribution in [0.3, 0.4) is 0 Å². The summed E-state index contributed by atoms with van der Waals surface area (Å²) in [6, 6.07) is 17.2. The van der Waals surface area contributed by atoms with Gasteiger partial charge < -0.3 is 25.5 Å². The maximum absolute atomic E-state index is 12.2. The first-order chi connectivity index (χ1) is 19.3. The van der Waals surface area contributed by atoms with Crippen molar-refractivity contribution in [2.45, 2.75) is 89.3 Å². The largest absolute Gasteiger partial charge is 0.393 e. The van der Waals surface area contributed by atoms with Crippen LogP contribution >= 0.6 is 0 Å². The number of carbonyl (C=O) groups is 1. The molecule has 0 aromatic heterocycles. The van der Waals surface area contributed by atoms with Crippen LogP contribution in [0.4, 0.5) is 0 Å². The van der Waals surface area contributed by atoms with E-state index in [0.717, 1.165) is 18.4 Å². The lowest BCUT2D eigenvalue weighted by Crippen LogP contribution is -2.23. The number of hydrogen-bond acceptors (Lipinski definition) is 7. The monoisotopic (exact) mass is 554 g/mol. The van der Waals surface area contributed by atoms with Crippen LogP contribution in [0, 0.1) is 22.0 Å². The van der Waals surface area contributed by atoms with Crippen molar-refractivity contribution in [3.8, 4) is 0 Å². The second-order valence-electron chi connectivity index (χ2n) is 10.6. The molecular formula is C31H42N2O7. The van der Waals surface area contributed by atoms with Gasteiger partial charge >= 0.3 is 0 Å². The Morgan fingerprint density at radius 3 is 2.52 bits per heavy atom. The van der Waals surface area contributed by atoms with Crippen LogP contribution in [0.1, 0.15) is 68.1 Å². The summed E-state index contributed by atoms with van der Waals surface area (Å²) in [5.74, 6) is -0.149. The van der Waals surface area contributed by atoms with Crippen LogP contribution in [0.2, 0.25) is 0 Å². The Morgan fingerprint density at radius 1 is 1.02 bits per heavy atom. The van der Waals surface area contributed by atoms with Gasteiger partial charge in [0.2, 0.25) is 5.91 Å². The molecule has 3 rings (SSSR count). The third kappa shape index (κ3) is 11.1. The summed E-state index contributed by atoms with van der Waals surface area (Å²) in [7, 11) is 0. The van der Waals surface area contributed by atoms with Gasteiger partial charge in [-0.15, -0.1) is 10.1 Å². The zero-order valence-corrected chi connectivity index (χ0v) is 22.9. The Bertz CT molecular complexity index is 1080. The molecule has 0 heterocycles. The zero-order chi connectivity index (χ0) is 28.7. The zero-order valence-electron chi connectivity index (χ0n) is 22.9. The van der Waals surface area contributed by atoms with Crippen molar-refractivity contribution in [2.24, 2.45) is 11.8 Å². The highest BCUT2D eigenvalue weighted by molar-refractivity contribution is 5.75. The van der Waals surface area contributed by atoms with Crippen molar-refractivity contribution in [3.05, 3.63) is 93.6 Å². The van der Waals surface area contributed by atoms with Gasteiger partial charge in [-0.25, -0.2) is 0 Å². The van der Waals surface area contributed by atoms with Crippen LogP contribution in [-0.2, 0) is 29.2 Å². The quantitative estimate of drug-likeness (QED) is 0.0991. The summed E-state index contributed by atoms with van der Waals surface area (Å²) in [6.07, 6.45) is 8.11. The maximum Gasteiger partial charge on any atom is 0.294 e. The molecule has 0 unspecified atom stereocenters. The summed E-state index contributed by atoms with van der Waals surface area (Å²) < 4.78 is 0. The van der Waals surface area contributed by atoms with Gasteiger partial charge in [-0.1, -0.05) is 66.7 Å². The predicted molar refractivity (Wildman–Crippen MR) is 151 cm³/mol. The highest BCUT2D eigenvalue weighted by Crippen LogP contribution is 2.38. The molecule has 2 aromatic carbocycles. The van der Waals surface area contributed by atoms with Gasteiger partial charge in [-0.3, -0.25) is 4.79 Å². The van der Waals surface area contributed by atoms with E-state index in [1.807, 2.05) is 36.4 Å². The number of benzene rings is 2. The average molecular weight is 555 g/mol. The lowest BCUT2D eigenvalue weighted by molar-refractivity contribution is -0.763. The normalized spacial score (nSPS) is 21.4. The molecule has 0 bridgehead atoms. The van der Waals surface area contributed by atoms with E-state index in [-0.39, 0.29) is 24.3 Å². The van der Waals surface area contributed by atoms with E-state index >= 15 is 0 Å². The Labute approximate surface area is 236 Å². The number of nitrogens with one attached hydrogen (secondary N) is 1. The topological polar surface area (TPSA) is 142 Å². The van der Waals surface area contributed by atoms with E-state index in [0.29, 0.717) is 57.1 Å². The van der Waals surface area contributed by atoms with Crippen molar-refractivity contribution in [1.29, 1.82) is 0 Å². The van der Waals surface area contributed by atoms with Crippen molar-refractivity contribution in [3.63, 3.8) is 0 Å². The number of amides is 1. The molecule has 0 spiro atoms. The van der Waals surface area contributed by atoms with Crippen LogP contribution in [0.5, 0.6) is 0 Å². The number of carbonyl (C=O) groups excluding carboxylic acids is 1. The molecule has 4 N–H and O–H groups in total. The number of unbranched alkanes of at least 4 members (excludes halogenated alkanes) is 1. The van der Waals surface area contributed by atoms with Crippen LogP contribution in [0.15, 0.2) is 66.7 Å². The van der Waals surface area contributed by atoms with Gasteiger partial charge in [0, 0.05) is 13.0 Å². The Kier molecular flexibility index (Phi) is 13.1. The second-order valence-corrected chi connectivity index (χ2v) is 10.6. The van der Waals surface area contributed by atoms with E-state index in [1.54, 1.807) is 18.2 Å². The molecule has 1 amide bonds. The van der Waals surface area contributed by atoms with Gasteiger partial charge in [-0.05, 0) is 79.9 Å². The molecular weight excluding hydrogens is 512 g/mol. The highest BCUT2D eigenvalue weighted by Gasteiger charge is 2.40. The molecule has 218 valence electrons. The first kappa shape index (κ1) is 31.3. The Morgan fingerprint density at radius 2 is 1.75 bits per heavy atom. The van der Waals surface area contributed by atoms with E-state index in [9.17, 15) is 30.2 Å². The molecule has 0 saturated heterocycles. The fourth-order valence-electron chi connectivity index (χ4n) is 5.41. The Balaban J connectivity index is 1.32. The van der Waals surface area contributed by atoms with E-state index < -0.39 is 23.4 Å². The number of hydrogen-bond donors (Lipinski definition) is 4. The predicted octanol–water partition coefficient (Wildman–Crippen LogP) is 4.26. The first-order valence-electron chi connectivity index (χ1n) is 14.2. The number of aliphatic hydroxyl groups is 3. The van der Waals surface area contributed by atoms with Crippen LogP contribution < -0.4 is 5.32 Å². The number of rotatable bonds is 17. The summed E-state index contributed by atoms with van der Waals surface area (Å²) in [5.41, 5.74) is 2.70. The molecule has 0 radical (unpaired) electrons. The highest BCUT2D eigenvalue weighted by atomic mass is 16.9. The summed E-state index contributed by atoms with van der Waals surface area (Å²) in [6.45, 7) is 0.209. The van der Waals surface area contributed by atoms with Gasteiger partial charge in [0.05, 0.1) is 18.3 Å². The minimum Gasteiger partial charge on any atom is -0.393 e. The third-order valence-corrected chi connectivity index (χ3v) is 7.63. The SMILES string of the molecule is O=C(CCCC=CC[C@@H]1[C@@H](CC[C@@H](O)CCc2ccccc2)[C@H](O)C[C@@H]1O)NCc1cccc(CO[N+](=O)[O-])c1. The third-order valence-electron chi connectivity index (χ3n) is 7.63. The molecule has 2 aromatic rings. The molecule has 5 atom stereocenters. The van der Waals surface area contributed by atoms with Gasteiger partial charge in [0.15, 0.2) is 0 Å². The van der Waals surface area contributed by atoms with Gasteiger partial charge in [0.1, 0.15) is 6.61 Å². The molecule has 1 aliphatic rings. The first-order valence-corrected chi connectivity index (χ1v) is 14.2. The van der Waals surface area contributed by atoms with Crippen molar-refractivity contribution >= 4 is 5.91 Å². The lowest BCUT2D eigenvalue weighted by atomic mass is 9.85. The molecule has 9 nitrogen and oxygen atoms in total. The van der Waals surface area contributed by atoms with Crippen molar-refractivity contribution < 1.29 is 30.0 Å². The molecule has 9 heteroatoms. The summed E-state index contributed by atoms with van der Waals surface area (Å²) >= 11 is 0. The smallest absolute Gasteiger partial charge is 0.294 e. The standard InChI is InChI=1S/C31H42N2O7/c34-26(16-15-23-9-4-3-5-10-23)17-18-28-27(29(35)20-30(28)36)13-6-1-2-7-14-31(37)32-21-24-11-8-12-25(19-24)22-40-33(38)39/h1,3-6,8-12,19,26-30,34-36H,2,7,13-18,20-22H2,(H,32,37)/t26-,27+,28+,29-,30+/m0/s1. The number of aliphatic hydroxyl groups excluding tert-OH is 3. The number of nitrogens with zero attached hydrogens (tertiary/aromatic N) is 1. The summed E-state index contributed by atoms with van der Waals surface area (Å²) in [4.78, 5) is 26.9. The minimum atomic E-state index is -0.832. The Hall–Kier alpha value is -3.27. The molecule has 0 aliphatic heterocycles. The summed E-state index contributed by atoms with van der Waals surface area (Å²) in [5, 5.41) is 43.9.